The molecule has 120 valence electrons. The molecule has 0 fully saturated rings. The van der Waals surface area contributed by atoms with Gasteiger partial charge in [0.25, 0.3) is 11.5 Å². The van der Waals surface area contributed by atoms with Crippen molar-refractivity contribution >= 4 is 35.0 Å². The van der Waals surface area contributed by atoms with Crippen LogP contribution in [-0.4, -0.2) is 16.4 Å². The molecule has 0 aliphatic heterocycles. The van der Waals surface area contributed by atoms with Gasteiger partial charge < -0.3 is 4.57 Å². The fourth-order valence-corrected chi connectivity index (χ4v) is 2.28. The molecule has 1 heterocycles. The van der Waals surface area contributed by atoms with Gasteiger partial charge in [-0.05, 0) is 23.8 Å². The number of benzene rings is 1. The molecule has 2 aromatic rings. The fourth-order valence-electron chi connectivity index (χ4n) is 1.81. The van der Waals surface area contributed by atoms with E-state index < -0.39 is 11.8 Å². The van der Waals surface area contributed by atoms with Gasteiger partial charge in [-0.25, -0.2) is 0 Å². The van der Waals surface area contributed by atoms with Crippen molar-refractivity contribution in [3.8, 4) is 0 Å². The van der Waals surface area contributed by atoms with Crippen LogP contribution in [0.15, 0.2) is 47.4 Å². The molecule has 8 heteroatoms. The molecule has 2 amide bonds. The second-order valence-electron chi connectivity index (χ2n) is 4.68. The maximum Gasteiger partial charge on any atom is 0.258 e. The molecule has 0 radical (unpaired) electrons. The molecule has 0 unspecified atom stereocenters. The fraction of sp³-hybridized carbons (Fsp3) is 0.133. The average molecular weight is 354 g/mol. The highest BCUT2D eigenvalue weighted by atomic mass is 35.5. The molecule has 0 aliphatic carbocycles. The lowest BCUT2D eigenvalue weighted by atomic mass is 10.1. The zero-order chi connectivity index (χ0) is 16.8. The molecule has 1 aromatic carbocycles. The Hall–Kier alpha value is -2.31. The van der Waals surface area contributed by atoms with Crippen molar-refractivity contribution in [1.82, 2.24) is 15.4 Å². The van der Waals surface area contributed by atoms with Crippen LogP contribution in [0.5, 0.6) is 0 Å². The van der Waals surface area contributed by atoms with E-state index in [4.69, 9.17) is 23.2 Å². The predicted octanol–water partition coefficient (Wildman–Crippen LogP) is 1.55. The van der Waals surface area contributed by atoms with E-state index >= 15 is 0 Å². The normalized spacial score (nSPS) is 10.2. The standard InChI is InChI=1S/C15H13Cl2N3O3/c16-11-5-4-10(12(17)8-11)7-13(21)18-19-14(22)9-20-6-2-1-3-15(20)23/h1-6,8H,7,9H2,(H,18,21)(H,19,22). The van der Waals surface area contributed by atoms with Crippen LogP contribution >= 0.6 is 23.2 Å². The summed E-state index contributed by atoms with van der Waals surface area (Å²) < 4.78 is 1.22. The number of hydrogen-bond donors (Lipinski definition) is 2. The van der Waals surface area contributed by atoms with Gasteiger partial charge in [0.15, 0.2) is 0 Å². The van der Waals surface area contributed by atoms with Gasteiger partial charge in [0.2, 0.25) is 5.91 Å². The SMILES string of the molecule is O=C(Cc1ccc(Cl)cc1Cl)NNC(=O)Cn1ccccc1=O. The molecule has 0 spiro atoms. The number of aromatic nitrogens is 1. The van der Waals surface area contributed by atoms with E-state index in [0.717, 1.165) is 0 Å². The van der Waals surface area contributed by atoms with E-state index in [1.54, 1.807) is 24.3 Å². The Morgan fingerprint density at radius 2 is 1.78 bits per heavy atom. The molecule has 23 heavy (non-hydrogen) atoms. The van der Waals surface area contributed by atoms with Gasteiger partial charge in [-0.3, -0.25) is 25.2 Å². The number of carbonyl (C=O) groups is 2. The minimum absolute atomic E-state index is 0.0123. The first kappa shape index (κ1) is 17.1. The summed E-state index contributed by atoms with van der Waals surface area (Å²) in [5, 5.41) is 0.843. The van der Waals surface area contributed by atoms with Crippen molar-refractivity contribution in [3.05, 3.63) is 68.6 Å². The first-order chi connectivity index (χ1) is 11.0. The summed E-state index contributed by atoms with van der Waals surface area (Å²) in [6.45, 7) is -0.193. The maximum atomic E-state index is 11.8. The number of nitrogens with zero attached hydrogens (tertiary/aromatic N) is 1. The van der Waals surface area contributed by atoms with Crippen LogP contribution < -0.4 is 16.4 Å². The lowest BCUT2D eigenvalue weighted by molar-refractivity contribution is -0.128. The third-order valence-corrected chi connectivity index (χ3v) is 3.51. The number of carbonyl (C=O) groups excluding carboxylic acids is 2. The van der Waals surface area contributed by atoms with Crippen LogP contribution in [0.25, 0.3) is 0 Å². The number of hydrogen-bond acceptors (Lipinski definition) is 3. The molecular formula is C15H13Cl2N3O3. The summed E-state index contributed by atoms with van der Waals surface area (Å²) in [5.74, 6) is -0.961. The smallest absolute Gasteiger partial charge is 0.258 e. The molecule has 0 saturated carbocycles. The number of halogens is 2. The van der Waals surface area contributed by atoms with Crippen LogP contribution in [0, 0.1) is 0 Å². The van der Waals surface area contributed by atoms with Crippen LogP contribution in [0.4, 0.5) is 0 Å². The number of pyridine rings is 1. The zero-order valence-electron chi connectivity index (χ0n) is 11.9. The summed E-state index contributed by atoms with van der Waals surface area (Å²) >= 11 is 11.7. The number of rotatable bonds is 4. The Morgan fingerprint density at radius 1 is 1.04 bits per heavy atom. The predicted molar refractivity (Wildman–Crippen MR) is 87.2 cm³/mol. The summed E-state index contributed by atoms with van der Waals surface area (Å²) in [7, 11) is 0. The summed E-state index contributed by atoms with van der Waals surface area (Å²) in [5.41, 5.74) is 4.79. The molecule has 0 bridgehead atoms. The second-order valence-corrected chi connectivity index (χ2v) is 5.52. The number of amides is 2. The number of hydrazine groups is 1. The van der Waals surface area contributed by atoms with E-state index in [1.807, 2.05) is 0 Å². The molecule has 2 rings (SSSR count). The Kier molecular flexibility index (Phi) is 5.78. The van der Waals surface area contributed by atoms with E-state index in [1.165, 1.54) is 22.9 Å². The van der Waals surface area contributed by atoms with Crippen molar-refractivity contribution in [1.29, 1.82) is 0 Å². The average Bonchev–Trinajstić information content (AvgIpc) is 2.50. The summed E-state index contributed by atoms with van der Waals surface area (Å²) in [6.07, 6.45) is 1.47. The summed E-state index contributed by atoms with van der Waals surface area (Å²) in [6, 6.07) is 9.34. The van der Waals surface area contributed by atoms with Gasteiger partial charge in [-0.2, -0.15) is 0 Å². The summed E-state index contributed by atoms with van der Waals surface area (Å²) in [4.78, 5) is 35.0. The van der Waals surface area contributed by atoms with Gasteiger partial charge in [-0.15, -0.1) is 0 Å². The molecule has 0 atom stereocenters. The van der Waals surface area contributed by atoms with Gasteiger partial charge >= 0.3 is 0 Å². The van der Waals surface area contributed by atoms with Crippen molar-refractivity contribution in [3.63, 3.8) is 0 Å². The zero-order valence-corrected chi connectivity index (χ0v) is 13.4. The van der Waals surface area contributed by atoms with E-state index in [-0.39, 0.29) is 18.5 Å². The van der Waals surface area contributed by atoms with Crippen molar-refractivity contribution < 1.29 is 9.59 Å². The van der Waals surface area contributed by atoms with Gasteiger partial charge in [0.1, 0.15) is 6.54 Å². The molecule has 2 N–H and O–H groups in total. The quantitative estimate of drug-likeness (QED) is 0.818. The Morgan fingerprint density at radius 3 is 2.48 bits per heavy atom. The van der Waals surface area contributed by atoms with Gasteiger partial charge in [0, 0.05) is 22.3 Å². The molecule has 1 aromatic heterocycles. The van der Waals surface area contributed by atoms with Crippen molar-refractivity contribution in [2.24, 2.45) is 0 Å². The largest absolute Gasteiger partial charge is 0.306 e. The first-order valence-corrected chi connectivity index (χ1v) is 7.38. The molecule has 6 nitrogen and oxygen atoms in total. The Balaban J connectivity index is 1.85. The van der Waals surface area contributed by atoms with Crippen LogP contribution in [-0.2, 0) is 22.6 Å². The van der Waals surface area contributed by atoms with Crippen LogP contribution in [0.1, 0.15) is 5.56 Å². The van der Waals surface area contributed by atoms with Crippen LogP contribution in [0.2, 0.25) is 10.0 Å². The molecule has 0 aliphatic rings. The van der Waals surface area contributed by atoms with Crippen LogP contribution in [0.3, 0.4) is 0 Å². The first-order valence-electron chi connectivity index (χ1n) is 6.63. The Labute approximate surface area is 142 Å². The number of nitrogens with one attached hydrogen (secondary N) is 2. The lowest BCUT2D eigenvalue weighted by Gasteiger charge is -2.09. The van der Waals surface area contributed by atoms with E-state index in [0.29, 0.717) is 15.6 Å². The topological polar surface area (TPSA) is 80.2 Å². The maximum absolute atomic E-state index is 11.8. The lowest BCUT2D eigenvalue weighted by Crippen LogP contribution is -2.44. The minimum Gasteiger partial charge on any atom is -0.306 e. The van der Waals surface area contributed by atoms with Gasteiger partial charge in [-0.1, -0.05) is 35.3 Å². The highest BCUT2D eigenvalue weighted by Crippen LogP contribution is 2.21. The van der Waals surface area contributed by atoms with Gasteiger partial charge in [0.05, 0.1) is 6.42 Å². The van der Waals surface area contributed by atoms with E-state index in [2.05, 4.69) is 10.9 Å². The minimum atomic E-state index is -0.520. The molecule has 0 saturated heterocycles. The monoisotopic (exact) mass is 353 g/mol. The van der Waals surface area contributed by atoms with Crippen molar-refractivity contribution in [2.75, 3.05) is 0 Å². The third-order valence-electron chi connectivity index (χ3n) is 2.92. The Bertz CT molecular complexity index is 790. The highest BCUT2D eigenvalue weighted by molar-refractivity contribution is 6.35. The van der Waals surface area contributed by atoms with E-state index in [9.17, 15) is 14.4 Å². The second kappa shape index (κ2) is 7.80. The molecular weight excluding hydrogens is 341 g/mol. The van der Waals surface area contributed by atoms with Crippen molar-refractivity contribution in [2.45, 2.75) is 13.0 Å². The third kappa shape index (κ3) is 5.12. The highest BCUT2D eigenvalue weighted by Gasteiger charge is 2.09.